The van der Waals surface area contributed by atoms with Gasteiger partial charge in [-0.1, -0.05) is 25.0 Å². The van der Waals surface area contributed by atoms with E-state index in [0.29, 0.717) is 35.8 Å². The van der Waals surface area contributed by atoms with Gasteiger partial charge >= 0.3 is 0 Å². The maximum Gasteiger partial charge on any atom is 0.258 e. The zero-order valence-electron chi connectivity index (χ0n) is 12.0. The molecule has 0 aliphatic heterocycles. The summed E-state index contributed by atoms with van der Waals surface area (Å²) in [5, 5.41) is 0.610. The number of benzene rings is 1. The summed E-state index contributed by atoms with van der Waals surface area (Å²) >= 11 is 0. The standard InChI is InChI=1S/C16H21N3O2/c17-9-11-5-1-4-8-14(11)21-10-15-18-13-7-3-2-6-12(13)16(20)19-15/h2-3,6-7,11,14H,1,4-5,8-10,17H2,(H,18,19,20). The number of H-pyrrole nitrogens is 1. The quantitative estimate of drug-likeness (QED) is 0.900. The Morgan fingerprint density at radius 1 is 1.29 bits per heavy atom. The molecule has 0 amide bonds. The minimum absolute atomic E-state index is 0.113. The summed E-state index contributed by atoms with van der Waals surface area (Å²) in [5.74, 6) is 1.01. The van der Waals surface area contributed by atoms with Gasteiger partial charge in [-0.3, -0.25) is 4.79 Å². The molecule has 3 N–H and O–H groups in total. The van der Waals surface area contributed by atoms with Crippen LogP contribution in [-0.2, 0) is 11.3 Å². The second kappa shape index (κ2) is 6.37. The van der Waals surface area contributed by atoms with Gasteiger partial charge in [0.05, 0.1) is 17.0 Å². The van der Waals surface area contributed by atoms with Gasteiger partial charge in [0.15, 0.2) is 0 Å². The maximum absolute atomic E-state index is 12.0. The Bertz CT molecular complexity index is 668. The molecule has 2 atom stereocenters. The molecule has 2 unspecified atom stereocenters. The van der Waals surface area contributed by atoms with Crippen LogP contribution in [0.2, 0.25) is 0 Å². The first kappa shape index (κ1) is 14.2. The average molecular weight is 287 g/mol. The van der Waals surface area contributed by atoms with E-state index in [2.05, 4.69) is 9.97 Å². The number of aromatic nitrogens is 2. The summed E-state index contributed by atoms with van der Waals surface area (Å²) in [6.45, 7) is 0.994. The Labute approximate surface area is 123 Å². The smallest absolute Gasteiger partial charge is 0.258 e. The van der Waals surface area contributed by atoms with Crippen LogP contribution in [0.1, 0.15) is 31.5 Å². The largest absolute Gasteiger partial charge is 0.370 e. The third-order valence-corrected chi connectivity index (χ3v) is 4.24. The molecule has 1 heterocycles. The number of nitrogens with two attached hydrogens (primary N) is 1. The highest BCUT2D eigenvalue weighted by Crippen LogP contribution is 2.26. The Kier molecular flexibility index (Phi) is 4.31. The SMILES string of the molecule is NCC1CCCCC1OCc1nc2ccccc2c(=O)[nH]1. The first-order valence-corrected chi connectivity index (χ1v) is 7.57. The summed E-state index contributed by atoms with van der Waals surface area (Å²) in [5.41, 5.74) is 6.40. The van der Waals surface area contributed by atoms with E-state index >= 15 is 0 Å². The predicted molar refractivity (Wildman–Crippen MR) is 82.0 cm³/mol. The number of para-hydroxylation sites is 1. The lowest BCUT2D eigenvalue weighted by molar-refractivity contribution is -0.0209. The lowest BCUT2D eigenvalue weighted by Crippen LogP contribution is -2.33. The van der Waals surface area contributed by atoms with Crippen molar-refractivity contribution >= 4 is 10.9 Å². The van der Waals surface area contributed by atoms with Gasteiger partial charge in [0.1, 0.15) is 12.4 Å². The number of rotatable bonds is 4. The molecule has 1 saturated carbocycles. The maximum atomic E-state index is 12.0. The molecule has 3 rings (SSSR count). The van der Waals surface area contributed by atoms with Gasteiger partial charge in [-0.2, -0.15) is 0 Å². The van der Waals surface area contributed by atoms with Crippen molar-refractivity contribution in [2.24, 2.45) is 11.7 Å². The van der Waals surface area contributed by atoms with Gasteiger partial charge in [-0.15, -0.1) is 0 Å². The summed E-state index contributed by atoms with van der Waals surface area (Å²) in [7, 11) is 0. The Balaban J connectivity index is 1.74. The third kappa shape index (κ3) is 3.14. The highest BCUT2D eigenvalue weighted by atomic mass is 16.5. The fourth-order valence-electron chi connectivity index (χ4n) is 3.05. The number of nitrogens with one attached hydrogen (secondary N) is 1. The summed E-state index contributed by atoms with van der Waals surface area (Å²) in [4.78, 5) is 19.3. The van der Waals surface area contributed by atoms with E-state index in [-0.39, 0.29) is 11.7 Å². The van der Waals surface area contributed by atoms with Crippen LogP contribution in [-0.4, -0.2) is 22.6 Å². The van der Waals surface area contributed by atoms with Crippen LogP contribution < -0.4 is 11.3 Å². The van der Waals surface area contributed by atoms with Crippen molar-refractivity contribution in [1.29, 1.82) is 0 Å². The number of aromatic amines is 1. The Morgan fingerprint density at radius 2 is 2.10 bits per heavy atom. The van der Waals surface area contributed by atoms with E-state index in [1.54, 1.807) is 6.07 Å². The molecular formula is C16H21N3O2. The molecule has 1 aromatic carbocycles. The number of ether oxygens (including phenoxy) is 1. The fraction of sp³-hybridized carbons (Fsp3) is 0.500. The number of nitrogens with zero attached hydrogens (tertiary/aromatic N) is 1. The molecule has 1 fully saturated rings. The van der Waals surface area contributed by atoms with Crippen LogP contribution >= 0.6 is 0 Å². The van der Waals surface area contributed by atoms with Gasteiger partial charge in [-0.05, 0) is 37.4 Å². The highest BCUT2D eigenvalue weighted by Gasteiger charge is 2.24. The molecule has 0 saturated heterocycles. The topological polar surface area (TPSA) is 81.0 Å². The van der Waals surface area contributed by atoms with Gasteiger partial charge in [-0.25, -0.2) is 4.98 Å². The molecule has 1 aliphatic carbocycles. The van der Waals surface area contributed by atoms with Crippen molar-refractivity contribution in [3.05, 3.63) is 40.4 Å². The van der Waals surface area contributed by atoms with Crippen molar-refractivity contribution in [3.63, 3.8) is 0 Å². The van der Waals surface area contributed by atoms with E-state index in [9.17, 15) is 4.79 Å². The van der Waals surface area contributed by atoms with Crippen LogP contribution in [0.15, 0.2) is 29.1 Å². The van der Waals surface area contributed by atoms with Crippen molar-refractivity contribution < 1.29 is 4.74 Å². The van der Waals surface area contributed by atoms with E-state index in [1.807, 2.05) is 18.2 Å². The first-order valence-electron chi connectivity index (χ1n) is 7.57. The van der Waals surface area contributed by atoms with E-state index < -0.39 is 0 Å². The first-order chi connectivity index (χ1) is 10.3. The Hall–Kier alpha value is -1.72. The van der Waals surface area contributed by atoms with Crippen molar-refractivity contribution in [1.82, 2.24) is 9.97 Å². The van der Waals surface area contributed by atoms with E-state index in [1.165, 1.54) is 12.8 Å². The second-order valence-corrected chi connectivity index (χ2v) is 5.66. The van der Waals surface area contributed by atoms with Crippen LogP contribution in [0.4, 0.5) is 0 Å². The second-order valence-electron chi connectivity index (χ2n) is 5.66. The zero-order chi connectivity index (χ0) is 14.7. The molecule has 2 aromatic rings. The Morgan fingerprint density at radius 3 is 2.95 bits per heavy atom. The van der Waals surface area contributed by atoms with E-state index in [4.69, 9.17) is 10.5 Å². The highest BCUT2D eigenvalue weighted by molar-refractivity contribution is 5.77. The lowest BCUT2D eigenvalue weighted by atomic mass is 9.86. The number of hydrogen-bond donors (Lipinski definition) is 2. The van der Waals surface area contributed by atoms with Gasteiger partial charge in [0.25, 0.3) is 5.56 Å². The van der Waals surface area contributed by atoms with Crippen molar-refractivity contribution in [3.8, 4) is 0 Å². The minimum Gasteiger partial charge on any atom is -0.370 e. The van der Waals surface area contributed by atoms with E-state index in [0.717, 1.165) is 12.8 Å². The molecule has 0 radical (unpaired) electrons. The van der Waals surface area contributed by atoms with Gasteiger partial charge in [0, 0.05) is 0 Å². The molecular weight excluding hydrogens is 266 g/mol. The summed E-state index contributed by atoms with van der Waals surface area (Å²) < 4.78 is 5.96. The molecule has 1 aromatic heterocycles. The number of hydrogen-bond acceptors (Lipinski definition) is 4. The third-order valence-electron chi connectivity index (χ3n) is 4.24. The molecule has 0 bridgehead atoms. The number of fused-ring (bicyclic) bond motifs is 1. The van der Waals surface area contributed by atoms with Crippen molar-refractivity contribution in [2.45, 2.75) is 38.4 Å². The van der Waals surface area contributed by atoms with Crippen LogP contribution in [0.3, 0.4) is 0 Å². The van der Waals surface area contributed by atoms with Crippen molar-refractivity contribution in [2.75, 3.05) is 6.54 Å². The zero-order valence-corrected chi connectivity index (χ0v) is 12.0. The molecule has 112 valence electrons. The van der Waals surface area contributed by atoms with Gasteiger partial charge < -0.3 is 15.5 Å². The van der Waals surface area contributed by atoms with Crippen LogP contribution in [0.25, 0.3) is 10.9 Å². The predicted octanol–water partition coefficient (Wildman–Crippen LogP) is 1.96. The van der Waals surface area contributed by atoms with Crippen LogP contribution in [0.5, 0.6) is 0 Å². The van der Waals surface area contributed by atoms with Gasteiger partial charge in [0.2, 0.25) is 0 Å². The average Bonchev–Trinajstić information content (AvgIpc) is 2.53. The fourth-order valence-corrected chi connectivity index (χ4v) is 3.05. The van der Waals surface area contributed by atoms with Crippen LogP contribution in [0, 0.1) is 5.92 Å². The normalized spacial score (nSPS) is 22.5. The molecule has 1 aliphatic rings. The summed E-state index contributed by atoms with van der Waals surface area (Å²) in [6, 6.07) is 7.34. The monoisotopic (exact) mass is 287 g/mol. The molecule has 5 nitrogen and oxygen atoms in total. The minimum atomic E-state index is -0.113. The lowest BCUT2D eigenvalue weighted by Gasteiger charge is -2.30. The molecule has 21 heavy (non-hydrogen) atoms. The molecule has 0 spiro atoms. The summed E-state index contributed by atoms with van der Waals surface area (Å²) in [6.07, 6.45) is 4.76. The molecule has 5 heteroatoms.